The summed E-state index contributed by atoms with van der Waals surface area (Å²) in [4.78, 5) is 8.58. The zero-order valence-corrected chi connectivity index (χ0v) is 87.7. The minimum absolute atomic E-state index is 0.733. The van der Waals surface area contributed by atoms with Gasteiger partial charge in [0.25, 0.3) is 0 Å². The lowest BCUT2D eigenvalue weighted by Gasteiger charge is -2.33. The molecule has 0 aliphatic heterocycles. The number of hydrogen-bond donors (Lipinski definition) is 1. The van der Waals surface area contributed by atoms with Crippen LogP contribution in [0.1, 0.15) is 518 Å². The molecule has 0 bridgehead atoms. The fourth-order valence-corrected chi connectivity index (χ4v) is 21.0. The molecule has 131 heavy (non-hydrogen) atoms. The smallest absolute Gasteiger partial charge is 0.140 e. The van der Waals surface area contributed by atoms with Crippen LogP contribution < -0.4 is 14.7 Å². The molecule has 4 nitrogen and oxygen atoms in total. The van der Waals surface area contributed by atoms with Gasteiger partial charge in [-0.3, -0.25) is 0 Å². The van der Waals surface area contributed by atoms with Gasteiger partial charge < -0.3 is 19.8 Å². The summed E-state index contributed by atoms with van der Waals surface area (Å²) in [6.45, 7) is 35.3. The Bertz CT molecular complexity index is 3150. The molecule has 0 saturated carbocycles. The third-order valence-corrected chi connectivity index (χ3v) is 29.6. The molecule has 6 aromatic rings. The van der Waals surface area contributed by atoms with Gasteiger partial charge in [-0.1, -0.05) is 537 Å². The highest BCUT2D eigenvalue weighted by molar-refractivity contribution is 5.74. The van der Waals surface area contributed by atoms with Crippen molar-refractivity contribution >= 4 is 53.5 Å². The van der Waals surface area contributed by atoms with E-state index < -0.39 is 5.60 Å². The molecule has 0 spiro atoms. The van der Waals surface area contributed by atoms with Crippen molar-refractivity contribution < 1.29 is 5.11 Å². The van der Waals surface area contributed by atoms with Crippen molar-refractivity contribution in [1.29, 1.82) is 0 Å². The fraction of sp³-hybridized carbons (Fsp3) is 0.669. The van der Waals surface area contributed by atoms with Gasteiger partial charge in [-0.05, 0) is 199 Å². The van der Waals surface area contributed by atoms with Gasteiger partial charge in [0.15, 0.2) is 0 Å². The minimum Gasteiger partial charge on any atom is -0.376 e. The second-order valence-electron chi connectivity index (χ2n) is 41.5. The Labute approximate surface area is 812 Å². The van der Waals surface area contributed by atoms with Crippen molar-refractivity contribution in [2.45, 2.75) is 474 Å². The van der Waals surface area contributed by atoms with E-state index in [0.717, 1.165) is 68.9 Å². The average Bonchev–Trinajstić information content (AvgIpc) is 0.761. The SMILES string of the molecule is CCCCCCC(CCCCCC)CN(CC(CCCCCC)CCCCCC)c1ccc(/C=C/c2ccc(C(O)(c3ccc(/C=C/c4ccc(N(CC(CCCCCC)CCCCCC)CC(CCCCCC)CCCCCC)cc4)cc3)c3ccc(/C=C/c4ccc(N(CC(CCCCCC)CCCCCC)CC(CCCCCC)CCCCCC)cc4)cc3)cc2)cc1. The topological polar surface area (TPSA) is 30.0 Å². The van der Waals surface area contributed by atoms with Crippen LogP contribution in [0.15, 0.2) is 146 Å². The lowest BCUT2D eigenvalue weighted by molar-refractivity contribution is 0.125. The number of unbranched alkanes of at least 4 members (excludes halogenated alkanes) is 36. The second-order valence-corrected chi connectivity index (χ2v) is 41.5. The molecule has 0 radical (unpaired) electrons. The average molecular weight is 1790 g/mol. The van der Waals surface area contributed by atoms with E-state index in [2.05, 4.69) is 280 Å². The molecule has 0 aliphatic rings. The summed E-state index contributed by atoms with van der Waals surface area (Å²) in [5.74, 6) is 4.40. The van der Waals surface area contributed by atoms with Crippen LogP contribution in [0.25, 0.3) is 36.5 Å². The zero-order chi connectivity index (χ0) is 93.5. The maximum absolute atomic E-state index is 13.9. The van der Waals surface area contributed by atoms with E-state index in [4.69, 9.17) is 0 Å². The van der Waals surface area contributed by atoms with Gasteiger partial charge >= 0.3 is 0 Å². The molecule has 6 aromatic carbocycles. The summed E-state index contributed by atoms with van der Waals surface area (Å²) in [5, 5.41) is 13.9. The molecule has 0 amide bonds. The van der Waals surface area contributed by atoms with Crippen molar-refractivity contribution in [3.05, 3.63) is 196 Å². The zero-order valence-electron chi connectivity index (χ0n) is 87.7. The van der Waals surface area contributed by atoms with E-state index in [0.29, 0.717) is 0 Å². The number of rotatable bonds is 84. The summed E-state index contributed by atoms with van der Waals surface area (Å²) in [6, 6.07) is 55.3. The minimum atomic E-state index is -1.42. The molecular formula is C127H205N3O. The molecule has 734 valence electrons. The summed E-state index contributed by atoms with van der Waals surface area (Å²) < 4.78 is 0. The molecule has 0 saturated heterocycles. The molecule has 0 aliphatic carbocycles. The maximum atomic E-state index is 13.9. The largest absolute Gasteiger partial charge is 0.376 e. The van der Waals surface area contributed by atoms with Crippen molar-refractivity contribution in [2.75, 3.05) is 54.0 Å². The van der Waals surface area contributed by atoms with Crippen LogP contribution >= 0.6 is 0 Å². The number of anilines is 3. The quantitative estimate of drug-likeness (QED) is 0.0234. The van der Waals surface area contributed by atoms with Crippen LogP contribution in [0.5, 0.6) is 0 Å². The van der Waals surface area contributed by atoms with E-state index in [1.165, 1.54) is 458 Å². The first-order valence-corrected chi connectivity index (χ1v) is 57.0. The van der Waals surface area contributed by atoms with Gasteiger partial charge in [-0.15, -0.1) is 0 Å². The summed E-state index contributed by atoms with van der Waals surface area (Å²) in [6.07, 6.45) is 94.5. The van der Waals surface area contributed by atoms with Gasteiger partial charge in [0.1, 0.15) is 5.60 Å². The van der Waals surface area contributed by atoms with Gasteiger partial charge in [0, 0.05) is 56.3 Å². The molecule has 1 N–H and O–H groups in total. The van der Waals surface area contributed by atoms with E-state index in [1.807, 2.05) is 0 Å². The maximum Gasteiger partial charge on any atom is 0.140 e. The molecule has 4 heteroatoms. The van der Waals surface area contributed by atoms with E-state index >= 15 is 0 Å². The molecule has 0 atom stereocenters. The predicted molar refractivity (Wildman–Crippen MR) is 590 cm³/mol. The highest BCUT2D eigenvalue weighted by Crippen LogP contribution is 2.40. The highest BCUT2D eigenvalue weighted by atomic mass is 16.3. The standard InChI is InChI=1S/C127H205N3O/c1-13-25-37-49-61-115(62-50-38-26-14-2)103-128(104-116(63-51-39-27-15-3)64-52-40-28-16-4)124-97-85-112(86-98-124)76-73-109-79-91-121(92-80-109)127(131,122-93-81-110(82-94-122)74-77-113-87-99-125(100-88-113)129(105-117(65-53-41-29-17-5)66-54-42-30-18-6)106-118(67-55-43-31-19-7)68-56-44-32-20-8)123-95-83-111(84-96-123)75-78-114-89-101-126(102-90-114)130(107-119(69-57-45-33-21-9)70-58-46-34-22-10)108-120(71-59-47-35-23-11)72-60-48-36-24-12/h73-102,115-120,131H,13-72,103-108H2,1-12H3/b76-73+,77-74+,78-75+. The Morgan fingerprint density at radius 3 is 0.420 bits per heavy atom. The Morgan fingerprint density at radius 1 is 0.176 bits per heavy atom. The third kappa shape index (κ3) is 48.5. The Balaban J connectivity index is 1.36. The molecule has 0 aromatic heterocycles. The van der Waals surface area contributed by atoms with E-state index in [1.54, 1.807) is 0 Å². The van der Waals surface area contributed by atoms with Crippen LogP contribution in [0.3, 0.4) is 0 Å². The fourth-order valence-electron chi connectivity index (χ4n) is 21.0. The lowest BCUT2D eigenvalue weighted by Crippen LogP contribution is -2.34. The number of benzene rings is 6. The van der Waals surface area contributed by atoms with Crippen molar-refractivity contribution in [3.8, 4) is 0 Å². The molecule has 0 unspecified atom stereocenters. The van der Waals surface area contributed by atoms with Crippen molar-refractivity contribution in [2.24, 2.45) is 35.5 Å². The monoisotopic (exact) mass is 1790 g/mol. The Morgan fingerprint density at radius 2 is 0.298 bits per heavy atom. The summed E-state index contributed by atoms with van der Waals surface area (Å²) >= 11 is 0. The first kappa shape index (κ1) is 114. The molecule has 0 fully saturated rings. The highest BCUT2D eigenvalue weighted by Gasteiger charge is 2.34. The molecule has 6 rings (SSSR count). The number of aliphatic hydroxyl groups is 1. The van der Waals surface area contributed by atoms with E-state index in [-0.39, 0.29) is 0 Å². The number of nitrogens with zero attached hydrogens (tertiary/aromatic N) is 3. The third-order valence-electron chi connectivity index (χ3n) is 29.6. The second kappa shape index (κ2) is 74.1. The van der Waals surface area contributed by atoms with Crippen LogP contribution in [-0.2, 0) is 5.60 Å². The van der Waals surface area contributed by atoms with Crippen molar-refractivity contribution in [1.82, 2.24) is 0 Å². The first-order valence-electron chi connectivity index (χ1n) is 57.0. The number of hydrogen-bond acceptors (Lipinski definition) is 4. The predicted octanol–water partition coefficient (Wildman–Crippen LogP) is 40.2. The van der Waals surface area contributed by atoms with Gasteiger partial charge in [0.05, 0.1) is 0 Å². The first-order chi connectivity index (χ1) is 64.4. The van der Waals surface area contributed by atoms with Crippen LogP contribution in [-0.4, -0.2) is 44.4 Å². The lowest BCUT2D eigenvalue weighted by atomic mass is 9.79. The van der Waals surface area contributed by atoms with Crippen LogP contribution in [0.4, 0.5) is 17.1 Å². The van der Waals surface area contributed by atoms with Crippen LogP contribution in [0.2, 0.25) is 0 Å². The normalized spacial score (nSPS) is 12.2. The summed E-state index contributed by atoms with van der Waals surface area (Å²) in [5.41, 5.74) is 12.4. The van der Waals surface area contributed by atoms with Gasteiger partial charge in [0.2, 0.25) is 0 Å². The van der Waals surface area contributed by atoms with Crippen LogP contribution in [0, 0.1) is 35.5 Å². The Kier molecular flexibility index (Phi) is 64.3. The molecular weight excluding hydrogens is 1580 g/mol. The summed E-state index contributed by atoms with van der Waals surface area (Å²) in [7, 11) is 0. The van der Waals surface area contributed by atoms with Crippen molar-refractivity contribution in [3.63, 3.8) is 0 Å². The van der Waals surface area contributed by atoms with Gasteiger partial charge in [-0.25, -0.2) is 0 Å². The Hall–Kier alpha value is -6.10. The molecule has 0 heterocycles. The van der Waals surface area contributed by atoms with E-state index in [9.17, 15) is 5.11 Å². The van der Waals surface area contributed by atoms with Gasteiger partial charge in [-0.2, -0.15) is 0 Å².